The molecule has 0 aliphatic carbocycles. The summed E-state index contributed by atoms with van der Waals surface area (Å²) in [4.78, 5) is 6.72. The molecule has 1 aromatic carbocycles. The lowest BCUT2D eigenvalue weighted by Gasteiger charge is -2.29. The van der Waals surface area contributed by atoms with Crippen LogP contribution in [0, 0.1) is 0 Å². The van der Waals surface area contributed by atoms with Gasteiger partial charge in [-0.1, -0.05) is 29.3 Å². The highest BCUT2D eigenvalue weighted by Gasteiger charge is 2.41. The predicted molar refractivity (Wildman–Crippen MR) is 120 cm³/mol. The molecule has 1 saturated heterocycles. The van der Waals surface area contributed by atoms with Crippen molar-refractivity contribution < 1.29 is 4.74 Å². The summed E-state index contributed by atoms with van der Waals surface area (Å²) >= 11 is 18.3. The van der Waals surface area contributed by atoms with E-state index in [0.29, 0.717) is 28.3 Å². The van der Waals surface area contributed by atoms with Crippen molar-refractivity contribution in [3.05, 3.63) is 82.4 Å². The van der Waals surface area contributed by atoms with E-state index in [0.717, 1.165) is 17.1 Å². The zero-order valence-corrected chi connectivity index (χ0v) is 18.1. The third kappa shape index (κ3) is 3.98. The minimum absolute atomic E-state index is 0.0747. The molecular formula is C21H20Cl2N4OS. The first-order chi connectivity index (χ1) is 14.1. The van der Waals surface area contributed by atoms with Gasteiger partial charge in [-0.3, -0.25) is 4.98 Å². The summed E-state index contributed by atoms with van der Waals surface area (Å²) in [5.41, 5.74) is 2.84. The van der Waals surface area contributed by atoms with E-state index < -0.39 is 0 Å². The fraction of sp³-hybridized carbons (Fsp3) is 0.238. The molecule has 0 radical (unpaired) electrons. The van der Waals surface area contributed by atoms with Gasteiger partial charge in [0, 0.05) is 36.8 Å². The molecule has 0 saturated carbocycles. The Balaban J connectivity index is 1.81. The molecule has 1 aliphatic rings. The number of hydrogen-bond acceptors (Lipinski definition) is 3. The van der Waals surface area contributed by atoms with Crippen molar-refractivity contribution in [3.8, 4) is 5.69 Å². The smallest absolute Gasteiger partial charge is 0.170 e. The summed E-state index contributed by atoms with van der Waals surface area (Å²) in [6.45, 7) is 1.23. The number of halogens is 2. The number of thiocarbonyl (C=S) groups is 1. The summed E-state index contributed by atoms with van der Waals surface area (Å²) in [7, 11) is 1.69. The minimum atomic E-state index is -0.0970. The largest absolute Gasteiger partial charge is 0.383 e. The number of rotatable bonds is 6. The minimum Gasteiger partial charge on any atom is -0.383 e. The van der Waals surface area contributed by atoms with E-state index in [-0.39, 0.29) is 12.1 Å². The van der Waals surface area contributed by atoms with Gasteiger partial charge in [0.15, 0.2) is 5.11 Å². The Morgan fingerprint density at radius 3 is 2.76 bits per heavy atom. The van der Waals surface area contributed by atoms with Crippen LogP contribution in [-0.4, -0.2) is 39.8 Å². The molecule has 0 bridgehead atoms. The van der Waals surface area contributed by atoms with Crippen LogP contribution in [0.2, 0.25) is 10.0 Å². The number of ether oxygens (including phenoxy) is 1. The van der Waals surface area contributed by atoms with E-state index in [1.54, 1.807) is 19.4 Å². The number of nitrogens with zero attached hydrogens (tertiary/aromatic N) is 3. The Kier molecular flexibility index (Phi) is 6.06. The molecule has 2 atom stereocenters. The molecule has 150 valence electrons. The Hall–Kier alpha value is -2.12. The van der Waals surface area contributed by atoms with E-state index in [2.05, 4.69) is 25.8 Å². The molecule has 0 amide bonds. The number of methoxy groups -OCH3 is 1. The second-order valence-corrected chi connectivity index (χ2v) is 7.94. The summed E-state index contributed by atoms with van der Waals surface area (Å²) in [6, 6.07) is 15.3. The van der Waals surface area contributed by atoms with Crippen LogP contribution in [0.1, 0.15) is 23.5 Å². The van der Waals surface area contributed by atoms with Gasteiger partial charge in [0.05, 0.1) is 35.1 Å². The zero-order valence-electron chi connectivity index (χ0n) is 15.8. The molecule has 5 nitrogen and oxygen atoms in total. The van der Waals surface area contributed by atoms with Crippen molar-refractivity contribution in [2.75, 3.05) is 20.3 Å². The topological polar surface area (TPSA) is 42.3 Å². The molecule has 1 N–H and O–H groups in total. The lowest BCUT2D eigenvalue weighted by atomic mass is 10.0. The van der Waals surface area contributed by atoms with Crippen LogP contribution in [0.4, 0.5) is 0 Å². The SMILES string of the molecule is COCCN1C(=S)N[C@H](c2ccccn2)[C@H]1c1cccn1-c1ccc(Cl)cc1Cl. The molecule has 29 heavy (non-hydrogen) atoms. The lowest BCUT2D eigenvalue weighted by Crippen LogP contribution is -2.33. The lowest BCUT2D eigenvalue weighted by molar-refractivity contribution is 0.163. The molecule has 0 spiro atoms. The maximum atomic E-state index is 6.51. The first-order valence-electron chi connectivity index (χ1n) is 9.20. The molecule has 8 heteroatoms. The second kappa shape index (κ2) is 8.71. The molecule has 2 aromatic heterocycles. The van der Waals surface area contributed by atoms with Crippen molar-refractivity contribution in [3.63, 3.8) is 0 Å². The maximum Gasteiger partial charge on any atom is 0.170 e. The third-order valence-electron chi connectivity index (χ3n) is 4.99. The van der Waals surface area contributed by atoms with Crippen molar-refractivity contribution >= 4 is 40.5 Å². The van der Waals surface area contributed by atoms with Crippen LogP contribution in [-0.2, 0) is 4.74 Å². The van der Waals surface area contributed by atoms with Gasteiger partial charge >= 0.3 is 0 Å². The normalized spacial score (nSPS) is 18.9. The van der Waals surface area contributed by atoms with Crippen LogP contribution in [0.3, 0.4) is 0 Å². The fourth-order valence-electron chi connectivity index (χ4n) is 3.69. The van der Waals surface area contributed by atoms with Crippen molar-refractivity contribution in [2.24, 2.45) is 0 Å². The van der Waals surface area contributed by atoms with Gasteiger partial charge in [-0.25, -0.2) is 0 Å². The molecule has 4 rings (SSSR count). The van der Waals surface area contributed by atoms with Gasteiger partial charge in [-0.2, -0.15) is 0 Å². The van der Waals surface area contributed by atoms with E-state index in [1.807, 2.05) is 42.6 Å². The van der Waals surface area contributed by atoms with Gasteiger partial charge < -0.3 is 19.5 Å². The Bertz CT molecular complexity index is 1010. The zero-order chi connectivity index (χ0) is 20.4. The number of benzene rings is 1. The average Bonchev–Trinajstić information content (AvgIpc) is 3.31. The highest BCUT2D eigenvalue weighted by atomic mass is 35.5. The Morgan fingerprint density at radius 2 is 2.03 bits per heavy atom. The third-order valence-corrected chi connectivity index (χ3v) is 5.88. The summed E-state index contributed by atoms with van der Waals surface area (Å²) < 4.78 is 7.40. The maximum absolute atomic E-state index is 6.51. The first kappa shape index (κ1) is 20.2. The Morgan fingerprint density at radius 1 is 1.17 bits per heavy atom. The van der Waals surface area contributed by atoms with Crippen LogP contribution in [0.5, 0.6) is 0 Å². The molecular weight excluding hydrogens is 427 g/mol. The Labute approximate surface area is 185 Å². The van der Waals surface area contributed by atoms with E-state index in [4.69, 9.17) is 40.2 Å². The van der Waals surface area contributed by atoms with E-state index in [1.165, 1.54) is 0 Å². The van der Waals surface area contributed by atoms with Crippen LogP contribution in [0.15, 0.2) is 60.9 Å². The van der Waals surface area contributed by atoms with Crippen LogP contribution >= 0.6 is 35.4 Å². The summed E-state index contributed by atoms with van der Waals surface area (Å²) in [5.74, 6) is 0. The number of nitrogens with one attached hydrogen (secondary N) is 1. The van der Waals surface area contributed by atoms with Crippen molar-refractivity contribution in [2.45, 2.75) is 12.1 Å². The summed E-state index contributed by atoms with van der Waals surface area (Å²) in [6.07, 6.45) is 3.79. The summed E-state index contributed by atoms with van der Waals surface area (Å²) in [5, 5.41) is 5.31. The highest BCUT2D eigenvalue weighted by molar-refractivity contribution is 7.80. The molecule has 1 aliphatic heterocycles. The quantitative estimate of drug-likeness (QED) is 0.550. The van der Waals surface area contributed by atoms with Crippen LogP contribution in [0.25, 0.3) is 5.69 Å². The average molecular weight is 447 g/mol. The number of aromatic nitrogens is 2. The molecule has 1 fully saturated rings. The standard InChI is InChI=1S/C21H20Cl2N4OS/c1-28-12-11-27-20(19(25-21(27)29)16-5-2-3-9-24-16)18-6-4-10-26(18)17-8-7-14(22)13-15(17)23/h2-10,13,19-20H,11-12H2,1H3,(H,25,29)/t19-,20-/m1/s1. The van der Waals surface area contributed by atoms with Gasteiger partial charge in [-0.15, -0.1) is 0 Å². The molecule has 3 heterocycles. The van der Waals surface area contributed by atoms with Gasteiger partial charge in [0.25, 0.3) is 0 Å². The number of pyridine rings is 1. The van der Waals surface area contributed by atoms with Crippen molar-refractivity contribution in [1.82, 2.24) is 19.8 Å². The highest BCUT2D eigenvalue weighted by Crippen LogP contribution is 2.40. The second-order valence-electron chi connectivity index (χ2n) is 6.71. The predicted octanol–water partition coefficient (Wildman–Crippen LogP) is 4.80. The first-order valence-corrected chi connectivity index (χ1v) is 10.4. The number of hydrogen-bond donors (Lipinski definition) is 1. The van der Waals surface area contributed by atoms with E-state index in [9.17, 15) is 0 Å². The van der Waals surface area contributed by atoms with Gasteiger partial charge in [-0.05, 0) is 54.7 Å². The van der Waals surface area contributed by atoms with Crippen LogP contribution < -0.4 is 5.32 Å². The monoisotopic (exact) mass is 446 g/mol. The van der Waals surface area contributed by atoms with Gasteiger partial charge in [0.1, 0.15) is 0 Å². The molecule has 3 aromatic rings. The van der Waals surface area contributed by atoms with Gasteiger partial charge in [0.2, 0.25) is 0 Å². The molecule has 0 unspecified atom stereocenters. The fourth-order valence-corrected chi connectivity index (χ4v) is 4.52. The van der Waals surface area contributed by atoms with Crippen molar-refractivity contribution in [1.29, 1.82) is 0 Å². The van der Waals surface area contributed by atoms with E-state index >= 15 is 0 Å².